The summed E-state index contributed by atoms with van der Waals surface area (Å²) < 4.78 is 13.8. The molecule has 0 aliphatic heterocycles. The van der Waals surface area contributed by atoms with E-state index in [1.165, 1.54) is 6.07 Å². The lowest BCUT2D eigenvalue weighted by Gasteiger charge is -2.10. The standard InChI is InChI=1S/C13H14BrFN4/c1-7(2)13-18-11(16)6-12(19-13)17-8-3-4-9(14)10(15)5-8/h3-7H,1-2H3,(H3,16,17,18,19). The van der Waals surface area contributed by atoms with Crippen molar-refractivity contribution in [2.24, 2.45) is 0 Å². The fourth-order valence-electron chi connectivity index (χ4n) is 1.53. The van der Waals surface area contributed by atoms with E-state index >= 15 is 0 Å². The second-order valence-corrected chi connectivity index (χ2v) is 5.30. The van der Waals surface area contributed by atoms with Crippen LogP contribution in [-0.2, 0) is 0 Å². The van der Waals surface area contributed by atoms with Gasteiger partial charge in [0.05, 0.1) is 4.47 Å². The van der Waals surface area contributed by atoms with E-state index in [0.717, 1.165) is 0 Å². The van der Waals surface area contributed by atoms with Crippen LogP contribution in [-0.4, -0.2) is 9.97 Å². The van der Waals surface area contributed by atoms with E-state index in [9.17, 15) is 4.39 Å². The molecular formula is C13H14BrFN4. The number of nitrogens with one attached hydrogen (secondary N) is 1. The molecule has 1 aromatic heterocycles. The molecule has 0 saturated heterocycles. The molecule has 0 unspecified atom stereocenters. The van der Waals surface area contributed by atoms with Crippen LogP contribution in [0, 0.1) is 5.82 Å². The number of nitrogen functional groups attached to an aromatic ring is 1. The van der Waals surface area contributed by atoms with Crippen molar-refractivity contribution < 1.29 is 4.39 Å². The molecule has 0 aliphatic rings. The highest BCUT2D eigenvalue weighted by Gasteiger charge is 2.07. The van der Waals surface area contributed by atoms with Gasteiger partial charge in [0.15, 0.2) is 0 Å². The predicted molar refractivity (Wildman–Crippen MR) is 77.9 cm³/mol. The first-order valence-electron chi connectivity index (χ1n) is 5.82. The van der Waals surface area contributed by atoms with E-state index in [-0.39, 0.29) is 11.7 Å². The second-order valence-electron chi connectivity index (χ2n) is 4.44. The van der Waals surface area contributed by atoms with Crippen LogP contribution in [0.25, 0.3) is 0 Å². The molecule has 2 aromatic rings. The minimum Gasteiger partial charge on any atom is -0.384 e. The summed E-state index contributed by atoms with van der Waals surface area (Å²) in [6.07, 6.45) is 0. The van der Waals surface area contributed by atoms with Crippen molar-refractivity contribution in [3.63, 3.8) is 0 Å². The topological polar surface area (TPSA) is 63.8 Å². The summed E-state index contributed by atoms with van der Waals surface area (Å²) in [7, 11) is 0. The van der Waals surface area contributed by atoms with Gasteiger partial charge in [-0.2, -0.15) is 0 Å². The quantitative estimate of drug-likeness (QED) is 0.900. The Balaban J connectivity index is 2.29. The lowest BCUT2D eigenvalue weighted by Crippen LogP contribution is -2.05. The number of aromatic nitrogens is 2. The van der Waals surface area contributed by atoms with Crippen LogP contribution in [0.5, 0.6) is 0 Å². The van der Waals surface area contributed by atoms with Gasteiger partial charge in [-0.15, -0.1) is 0 Å². The van der Waals surface area contributed by atoms with Crippen molar-refractivity contribution in [1.82, 2.24) is 9.97 Å². The van der Waals surface area contributed by atoms with Gasteiger partial charge in [-0.1, -0.05) is 13.8 Å². The Kier molecular flexibility index (Phi) is 3.99. The minimum absolute atomic E-state index is 0.172. The van der Waals surface area contributed by atoms with E-state index in [1.807, 2.05) is 13.8 Å². The number of nitrogens with zero attached hydrogens (tertiary/aromatic N) is 2. The zero-order valence-corrected chi connectivity index (χ0v) is 12.2. The zero-order chi connectivity index (χ0) is 14.0. The number of anilines is 3. The zero-order valence-electron chi connectivity index (χ0n) is 10.6. The van der Waals surface area contributed by atoms with E-state index in [2.05, 4.69) is 31.2 Å². The van der Waals surface area contributed by atoms with E-state index in [0.29, 0.717) is 27.6 Å². The van der Waals surface area contributed by atoms with E-state index in [4.69, 9.17) is 5.73 Å². The molecule has 6 heteroatoms. The summed E-state index contributed by atoms with van der Waals surface area (Å²) in [4.78, 5) is 8.50. The molecule has 0 amide bonds. The first-order chi connectivity index (χ1) is 8.95. The molecule has 0 bridgehead atoms. The van der Waals surface area contributed by atoms with Gasteiger partial charge in [0, 0.05) is 17.7 Å². The fraction of sp³-hybridized carbons (Fsp3) is 0.231. The summed E-state index contributed by atoms with van der Waals surface area (Å²) in [5.74, 6) is 1.43. The third-order valence-corrected chi connectivity index (χ3v) is 3.11. The Labute approximate surface area is 119 Å². The summed E-state index contributed by atoms with van der Waals surface area (Å²) in [6.45, 7) is 3.97. The van der Waals surface area contributed by atoms with Gasteiger partial charge in [-0.25, -0.2) is 14.4 Å². The molecule has 2 rings (SSSR count). The number of rotatable bonds is 3. The third kappa shape index (κ3) is 3.41. The highest BCUT2D eigenvalue weighted by atomic mass is 79.9. The van der Waals surface area contributed by atoms with Crippen LogP contribution < -0.4 is 11.1 Å². The smallest absolute Gasteiger partial charge is 0.139 e. The molecule has 0 aliphatic carbocycles. The van der Waals surface area contributed by atoms with Crippen molar-refractivity contribution in [1.29, 1.82) is 0 Å². The molecule has 1 heterocycles. The van der Waals surface area contributed by atoms with Gasteiger partial charge >= 0.3 is 0 Å². The second kappa shape index (κ2) is 5.52. The number of benzene rings is 1. The van der Waals surface area contributed by atoms with Gasteiger partial charge in [0.25, 0.3) is 0 Å². The van der Waals surface area contributed by atoms with Crippen molar-refractivity contribution in [2.75, 3.05) is 11.1 Å². The summed E-state index contributed by atoms with van der Waals surface area (Å²) in [6, 6.07) is 6.38. The predicted octanol–water partition coefficient (Wildman–Crippen LogP) is 3.83. The van der Waals surface area contributed by atoms with E-state index < -0.39 is 0 Å². The average molecular weight is 325 g/mol. The van der Waals surface area contributed by atoms with Crippen LogP contribution in [0.15, 0.2) is 28.7 Å². The molecule has 0 spiro atoms. The summed E-state index contributed by atoms with van der Waals surface area (Å²) in [5, 5.41) is 3.02. The lowest BCUT2D eigenvalue weighted by molar-refractivity contribution is 0.622. The Hall–Kier alpha value is -1.69. The Morgan fingerprint density at radius 3 is 2.63 bits per heavy atom. The van der Waals surface area contributed by atoms with Crippen LogP contribution >= 0.6 is 15.9 Å². The van der Waals surface area contributed by atoms with Crippen LogP contribution in [0.4, 0.5) is 21.7 Å². The van der Waals surface area contributed by atoms with Crippen molar-refractivity contribution in [2.45, 2.75) is 19.8 Å². The average Bonchev–Trinajstić information content (AvgIpc) is 2.33. The number of halogens is 2. The fourth-order valence-corrected chi connectivity index (χ4v) is 1.78. The maximum absolute atomic E-state index is 13.4. The van der Waals surface area contributed by atoms with E-state index in [1.54, 1.807) is 18.2 Å². The van der Waals surface area contributed by atoms with Crippen molar-refractivity contribution in [3.8, 4) is 0 Å². The van der Waals surface area contributed by atoms with Crippen LogP contribution in [0.2, 0.25) is 0 Å². The van der Waals surface area contributed by atoms with Gasteiger partial charge in [0.1, 0.15) is 23.3 Å². The molecule has 19 heavy (non-hydrogen) atoms. The number of hydrogen-bond acceptors (Lipinski definition) is 4. The van der Waals surface area contributed by atoms with Gasteiger partial charge < -0.3 is 11.1 Å². The molecule has 0 radical (unpaired) electrons. The highest BCUT2D eigenvalue weighted by molar-refractivity contribution is 9.10. The van der Waals surface area contributed by atoms with Gasteiger partial charge in [-0.05, 0) is 34.1 Å². The monoisotopic (exact) mass is 324 g/mol. The molecule has 0 atom stereocenters. The minimum atomic E-state index is -0.337. The molecule has 0 fully saturated rings. The number of nitrogens with two attached hydrogens (primary N) is 1. The molecule has 0 saturated carbocycles. The maximum atomic E-state index is 13.4. The van der Waals surface area contributed by atoms with Crippen LogP contribution in [0.1, 0.15) is 25.6 Å². The first kappa shape index (κ1) is 13.7. The van der Waals surface area contributed by atoms with Crippen molar-refractivity contribution >= 4 is 33.3 Å². The summed E-state index contributed by atoms with van der Waals surface area (Å²) in [5.41, 5.74) is 6.34. The molecule has 1 aromatic carbocycles. The SMILES string of the molecule is CC(C)c1nc(N)cc(Nc2ccc(Br)c(F)c2)n1. The van der Waals surface area contributed by atoms with Crippen LogP contribution in [0.3, 0.4) is 0 Å². The Morgan fingerprint density at radius 1 is 1.26 bits per heavy atom. The van der Waals surface area contributed by atoms with Gasteiger partial charge in [-0.3, -0.25) is 0 Å². The Morgan fingerprint density at radius 2 is 2.00 bits per heavy atom. The number of hydrogen-bond donors (Lipinski definition) is 2. The van der Waals surface area contributed by atoms with Gasteiger partial charge in [0.2, 0.25) is 0 Å². The van der Waals surface area contributed by atoms with Crippen molar-refractivity contribution in [3.05, 3.63) is 40.4 Å². The molecular weight excluding hydrogens is 311 g/mol. The molecule has 100 valence electrons. The normalized spacial score (nSPS) is 10.8. The largest absolute Gasteiger partial charge is 0.384 e. The lowest BCUT2D eigenvalue weighted by atomic mass is 10.2. The summed E-state index contributed by atoms with van der Waals surface area (Å²) >= 11 is 3.11. The highest BCUT2D eigenvalue weighted by Crippen LogP contribution is 2.23. The molecule has 4 nitrogen and oxygen atoms in total. The maximum Gasteiger partial charge on any atom is 0.139 e. The molecule has 3 N–H and O–H groups in total. The first-order valence-corrected chi connectivity index (χ1v) is 6.61. The Bertz CT molecular complexity index is 601. The third-order valence-electron chi connectivity index (χ3n) is 2.47.